The largest absolute Gasteiger partial charge is 0.396 e. The normalized spacial score (nSPS) is 21.4. The van der Waals surface area contributed by atoms with Gasteiger partial charge in [-0.3, -0.25) is 4.68 Å². The van der Waals surface area contributed by atoms with Gasteiger partial charge in [-0.2, -0.15) is 10.2 Å². The van der Waals surface area contributed by atoms with Gasteiger partial charge < -0.3 is 10.0 Å². The summed E-state index contributed by atoms with van der Waals surface area (Å²) >= 11 is 0. The Kier molecular flexibility index (Phi) is 3.30. The minimum absolute atomic E-state index is 0.164. The van der Waals surface area contributed by atoms with Crippen molar-refractivity contribution in [1.29, 1.82) is 0 Å². The van der Waals surface area contributed by atoms with E-state index in [-0.39, 0.29) is 18.4 Å². The standard InChI is InChI=1S/C16H20N6O/c1-11-5-15-16(17-3-4-22(15)19-11)21-8-13(10-23)14(9-21)12-6-18-20(2)7-12/h3-7,13-14,23H,8-10H2,1-2H3/t13-,14-/m0/s1. The first kappa shape index (κ1) is 14.2. The molecule has 7 nitrogen and oxygen atoms in total. The molecule has 23 heavy (non-hydrogen) atoms. The van der Waals surface area contributed by atoms with Gasteiger partial charge in [-0.1, -0.05) is 0 Å². The molecule has 0 radical (unpaired) electrons. The van der Waals surface area contributed by atoms with Crippen LogP contribution in [-0.4, -0.2) is 49.2 Å². The van der Waals surface area contributed by atoms with Crippen molar-refractivity contribution in [2.24, 2.45) is 13.0 Å². The number of aryl methyl sites for hydroxylation is 2. The summed E-state index contributed by atoms with van der Waals surface area (Å²) in [5, 5.41) is 18.5. The lowest BCUT2D eigenvalue weighted by Gasteiger charge is -2.17. The van der Waals surface area contributed by atoms with E-state index < -0.39 is 0 Å². The van der Waals surface area contributed by atoms with Crippen LogP contribution in [0.4, 0.5) is 5.82 Å². The third kappa shape index (κ3) is 2.37. The van der Waals surface area contributed by atoms with Crippen LogP contribution in [0.2, 0.25) is 0 Å². The predicted molar refractivity (Wildman–Crippen MR) is 86.5 cm³/mol. The fraction of sp³-hybridized carbons (Fsp3) is 0.438. The molecule has 7 heteroatoms. The van der Waals surface area contributed by atoms with Gasteiger partial charge in [0.2, 0.25) is 0 Å². The highest BCUT2D eigenvalue weighted by Gasteiger charge is 2.35. The molecule has 0 amide bonds. The Bertz CT molecular complexity index is 838. The van der Waals surface area contributed by atoms with Crippen LogP contribution in [0, 0.1) is 12.8 Å². The summed E-state index contributed by atoms with van der Waals surface area (Å²) in [7, 11) is 1.92. The number of hydrogen-bond donors (Lipinski definition) is 1. The zero-order chi connectivity index (χ0) is 16.0. The van der Waals surface area contributed by atoms with Crippen LogP contribution in [-0.2, 0) is 7.05 Å². The van der Waals surface area contributed by atoms with Crippen LogP contribution in [0.5, 0.6) is 0 Å². The minimum Gasteiger partial charge on any atom is -0.396 e. The highest BCUT2D eigenvalue weighted by molar-refractivity contribution is 5.69. The van der Waals surface area contributed by atoms with Gasteiger partial charge in [-0.25, -0.2) is 9.50 Å². The fourth-order valence-corrected chi connectivity index (χ4v) is 3.51. The van der Waals surface area contributed by atoms with Crippen molar-refractivity contribution < 1.29 is 5.11 Å². The third-order valence-electron chi connectivity index (χ3n) is 4.62. The molecule has 120 valence electrons. The Morgan fingerprint density at radius 1 is 1.35 bits per heavy atom. The number of aromatic nitrogens is 5. The maximum absolute atomic E-state index is 9.79. The van der Waals surface area contributed by atoms with Gasteiger partial charge in [-0.05, 0) is 18.6 Å². The SMILES string of the molecule is Cc1cc2c(N3C[C@@H](CO)[C@H](c4cnn(C)c4)C3)nccn2n1. The van der Waals surface area contributed by atoms with Crippen LogP contribution in [0.25, 0.3) is 5.52 Å². The highest BCUT2D eigenvalue weighted by Crippen LogP contribution is 2.35. The molecule has 0 spiro atoms. The predicted octanol–water partition coefficient (Wildman–Crippen LogP) is 0.984. The zero-order valence-electron chi connectivity index (χ0n) is 13.3. The Morgan fingerprint density at radius 2 is 2.22 bits per heavy atom. The van der Waals surface area contributed by atoms with Gasteiger partial charge in [0.1, 0.15) is 5.52 Å². The quantitative estimate of drug-likeness (QED) is 0.781. The Labute approximate surface area is 134 Å². The van der Waals surface area contributed by atoms with E-state index in [4.69, 9.17) is 0 Å². The molecule has 4 rings (SSSR count). The van der Waals surface area contributed by atoms with Gasteiger partial charge in [0.05, 0.1) is 11.9 Å². The second-order valence-electron chi connectivity index (χ2n) is 6.27. The molecular weight excluding hydrogens is 292 g/mol. The number of anilines is 1. The smallest absolute Gasteiger partial charge is 0.154 e. The van der Waals surface area contributed by atoms with Crippen LogP contribution in [0.3, 0.4) is 0 Å². The fourth-order valence-electron chi connectivity index (χ4n) is 3.51. The average Bonchev–Trinajstić information content (AvgIpc) is 3.22. The molecule has 1 fully saturated rings. The first-order valence-corrected chi connectivity index (χ1v) is 7.81. The molecule has 1 saturated heterocycles. The summed E-state index contributed by atoms with van der Waals surface area (Å²) in [6.07, 6.45) is 7.58. The summed E-state index contributed by atoms with van der Waals surface area (Å²) in [5.74, 6) is 1.38. The van der Waals surface area contributed by atoms with Crippen LogP contribution in [0.15, 0.2) is 30.9 Å². The van der Waals surface area contributed by atoms with E-state index in [1.807, 2.05) is 47.8 Å². The first-order chi connectivity index (χ1) is 11.2. The molecule has 3 aromatic heterocycles. The first-order valence-electron chi connectivity index (χ1n) is 7.81. The lowest BCUT2D eigenvalue weighted by molar-refractivity contribution is 0.227. The number of fused-ring (bicyclic) bond motifs is 1. The second kappa shape index (κ2) is 5.34. The van der Waals surface area contributed by atoms with Crippen molar-refractivity contribution in [3.8, 4) is 0 Å². The number of aliphatic hydroxyl groups is 1. The van der Waals surface area contributed by atoms with Crippen molar-refractivity contribution in [2.75, 3.05) is 24.6 Å². The summed E-state index contributed by atoms with van der Waals surface area (Å²) in [6.45, 7) is 3.76. The van der Waals surface area contributed by atoms with Crippen LogP contribution in [0.1, 0.15) is 17.2 Å². The summed E-state index contributed by atoms with van der Waals surface area (Å²) in [6, 6.07) is 2.05. The van der Waals surface area contributed by atoms with E-state index in [9.17, 15) is 5.11 Å². The van der Waals surface area contributed by atoms with Crippen molar-refractivity contribution in [2.45, 2.75) is 12.8 Å². The topological polar surface area (TPSA) is 71.5 Å². The van der Waals surface area contributed by atoms with E-state index in [1.54, 1.807) is 6.20 Å². The monoisotopic (exact) mass is 312 g/mol. The maximum atomic E-state index is 9.79. The Balaban J connectivity index is 1.70. The maximum Gasteiger partial charge on any atom is 0.154 e. The van der Waals surface area contributed by atoms with E-state index in [0.29, 0.717) is 0 Å². The molecular formula is C16H20N6O. The van der Waals surface area contributed by atoms with Crippen molar-refractivity contribution >= 4 is 11.3 Å². The highest BCUT2D eigenvalue weighted by atomic mass is 16.3. The summed E-state index contributed by atoms with van der Waals surface area (Å²) in [5.41, 5.74) is 3.15. The zero-order valence-corrected chi connectivity index (χ0v) is 13.3. The van der Waals surface area contributed by atoms with Crippen LogP contribution >= 0.6 is 0 Å². The second-order valence-corrected chi connectivity index (χ2v) is 6.27. The number of aliphatic hydroxyl groups excluding tert-OH is 1. The third-order valence-corrected chi connectivity index (χ3v) is 4.62. The molecule has 0 aliphatic carbocycles. The van der Waals surface area contributed by atoms with Crippen molar-refractivity contribution in [3.05, 3.63) is 42.1 Å². The lowest BCUT2D eigenvalue weighted by Crippen LogP contribution is -2.22. The summed E-state index contributed by atoms with van der Waals surface area (Å²) < 4.78 is 3.68. The average molecular weight is 312 g/mol. The molecule has 0 saturated carbocycles. The molecule has 3 aromatic rings. The molecule has 0 unspecified atom stereocenters. The van der Waals surface area contributed by atoms with Crippen LogP contribution < -0.4 is 4.90 Å². The molecule has 0 bridgehead atoms. The molecule has 4 heterocycles. The molecule has 1 aliphatic rings. The van der Waals surface area contributed by atoms with E-state index >= 15 is 0 Å². The van der Waals surface area contributed by atoms with Crippen molar-refractivity contribution in [3.63, 3.8) is 0 Å². The number of hydrogen-bond acceptors (Lipinski definition) is 5. The lowest BCUT2D eigenvalue weighted by atomic mass is 9.92. The summed E-state index contributed by atoms with van der Waals surface area (Å²) in [4.78, 5) is 6.81. The van der Waals surface area contributed by atoms with E-state index in [1.165, 1.54) is 5.56 Å². The molecule has 2 atom stereocenters. The number of rotatable bonds is 3. The minimum atomic E-state index is 0.164. The van der Waals surface area contributed by atoms with E-state index in [2.05, 4.69) is 20.1 Å². The van der Waals surface area contributed by atoms with Gasteiger partial charge in [0.25, 0.3) is 0 Å². The molecule has 1 aliphatic heterocycles. The van der Waals surface area contributed by atoms with Gasteiger partial charge in [0, 0.05) is 57.2 Å². The van der Waals surface area contributed by atoms with Crippen molar-refractivity contribution in [1.82, 2.24) is 24.4 Å². The molecule has 1 N–H and O–H groups in total. The van der Waals surface area contributed by atoms with Gasteiger partial charge in [0.15, 0.2) is 5.82 Å². The Morgan fingerprint density at radius 3 is 2.96 bits per heavy atom. The van der Waals surface area contributed by atoms with Gasteiger partial charge >= 0.3 is 0 Å². The Hall–Kier alpha value is -2.41. The van der Waals surface area contributed by atoms with Gasteiger partial charge in [-0.15, -0.1) is 0 Å². The number of nitrogens with zero attached hydrogens (tertiary/aromatic N) is 6. The van der Waals surface area contributed by atoms with E-state index in [0.717, 1.165) is 30.1 Å². The molecule has 0 aromatic carbocycles.